The molecule has 0 saturated carbocycles. The summed E-state index contributed by atoms with van der Waals surface area (Å²) in [7, 11) is 0. The Bertz CT molecular complexity index is 725. The summed E-state index contributed by atoms with van der Waals surface area (Å²) in [5.41, 5.74) is 0.916. The lowest BCUT2D eigenvalue weighted by molar-refractivity contribution is -0.147. The number of ether oxygens (including phenoxy) is 2. The van der Waals surface area contributed by atoms with Gasteiger partial charge in [0.1, 0.15) is 0 Å². The third kappa shape index (κ3) is 6.68. The van der Waals surface area contributed by atoms with Crippen LogP contribution < -0.4 is 5.32 Å². The molecule has 0 atom stereocenters. The van der Waals surface area contributed by atoms with Crippen LogP contribution in [-0.4, -0.2) is 31.1 Å². The van der Waals surface area contributed by atoms with Gasteiger partial charge in [0.25, 0.3) is 5.91 Å². The molecule has 0 fully saturated rings. The molecule has 26 heavy (non-hydrogen) atoms. The minimum Gasteiger partial charge on any atom is -0.462 e. The summed E-state index contributed by atoms with van der Waals surface area (Å²) >= 11 is 1.65. The van der Waals surface area contributed by atoms with E-state index in [9.17, 15) is 14.4 Å². The Labute approximate surface area is 156 Å². The number of benzene rings is 1. The van der Waals surface area contributed by atoms with Crippen LogP contribution in [-0.2, 0) is 25.5 Å². The predicted octanol–water partition coefficient (Wildman–Crippen LogP) is 3.43. The summed E-state index contributed by atoms with van der Waals surface area (Å²) in [4.78, 5) is 36.3. The monoisotopic (exact) mass is 375 g/mol. The van der Waals surface area contributed by atoms with E-state index in [1.807, 2.05) is 17.5 Å². The third-order valence-electron chi connectivity index (χ3n) is 3.43. The van der Waals surface area contributed by atoms with Crippen molar-refractivity contribution in [3.8, 4) is 0 Å². The van der Waals surface area contributed by atoms with E-state index in [-0.39, 0.29) is 13.0 Å². The standard InChI is InChI=1S/C19H21NO5S/c1-2-24-19(23)14-8-10-15(11-9-14)20-17(21)13-25-18(22)7-3-5-16-6-4-12-26-16/h4,6,8-12H,2-3,5,7,13H2,1H3,(H,20,21). The minimum absolute atomic E-state index is 0.277. The van der Waals surface area contributed by atoms with Gasteiger partial charge in [-0.25, -0.2) is 4.79 Å². The highest BCUT2D eigenvalue weighted by Gasteiger charge is 2.10. The van der Waals surface area contributed by atoms with E-state index < -0.39 is 17.8 Å². The zero-order valence-corrected chi connectivity index (χ0v) is 15.3. The van der Waals surface area contributed by atoms with E-state index in [1.165, 1.54) is 4.88 Å². The van der Waals surface area contributed by atoms with Crippen LogP contribution >= 0.6 is 11.3 Å². The zero-order valence-electron chi connectivity index (χ0n) is 14.5. The number of carbonyl (C=O) groups is 3. The number of carbonyl (C=O) groups excluding carboxylic acids is 3. The van der Waals surface area contributed by atoms with Crippen molar-refractivity contribution < 1.29 is 23.9 Å². The highest BCUT2D eigenvalue weighted by atomic mass is 32.1. The van der Waals surface area contributed by atoms with E-state index in [1.54, 1.807) is 42.5 Å². The Balaban J connectivity index is 1.67. The first-order valence-electron chi connectivity index (χ1n) is 8.33. The molecule has 6 nitrogen and oxygen atoms in total. The van der Waals surface area contributed by atoms with Crippen molar-refractivity contribution in [1.29, 1.82) is 0 Å². The van der Waals surface area contributed by atoms with Crippen molar-refractivity contribution in [2.45, 2.75) is 26.2 Å². The first kappa shape index (κ1) is 19.7. The fourth-order valence-corrected chi connectivity index (χ4v) is 2.93. The second-order valence-corrected chi connectivity index (χ2v) is 6.47. The number of nitrogens with one attached hydrogen (secondary N) is 1. The van der Waals surface area contributed by atoms with Crippen LogP contribution in [0.4, 0.5) is 5.69 Å². The summed E-state index contributed by atoms with van der Waals surface area (Å²) in [6.45, 7) is 1.70. The smallest absolute Gasteiger partial charge is 0.338 e. The van der Waals surface area contributed by atoms with E-state index in [0.717, 1.165) is 6.42 Å². The molecule has 0 aliphatic carbocycles. The molecule has 0 aliphatic rings. The van der Waals surface area contributed by atoms with Crippen LogP contribution in [0.15, 0.2) is 41.8 Å². The third-order valence-corrected chi connectivity index (χ3v) is 4.36. The molecule has 138 valence electrons. The lowest BCUT2D eigenvalue weighted by Crippen LogP contribution is -2.20. The number of thiophene rings is 1. The quantitative estimate of drug-likeness (QED) is 0.679. The number of hydrogen-bond acceptors (Lipinski definition) is 6. The lowest BCUT2D eigenvalue weighted by atomic mass is 10.2. The van der Waals surface area contributed by atoms with Crippen LogP contribution in [0.3, 0.4) is 0 Å². The molecule has 0 radical (unpaired) electrons. The summed E-state index contributed by atoms with van der Waals surface area (Å²) in [6.07, 6.45) is 1.79. The second-order valence-electron chi connectivity index (χ2n) is 5.44. The minimum atomic E-state index is -0.430. The molecule has 0 spiro atoms. The van der Waals surface area contributed by atoms with Gasteiger partial charge in [0.05, 0.1) is 12.2 Å². The normalized spacial score (nSPS) is 10.2. The first-order chi connectivity index (χ1) is 12.6. The van der Waals surface area contributed by atoms with Gasteiger partial charge in [-0.3, -0.25) is 9.59 Å². The average Bonchev–Trinajstić information content (AvgIpc) is 3.14. The molecule has 2 rings (SSSR count). The van der Waals surface area contributed by atoms with Gasteiger partial charge in [0.15, 0.2) is 6.61 Å². The molecular formula is C19H21NO5S. The Morgan fingerprint density at radius 3 is 2.50 bits per heavy atom. The van der Waals surface area contributed by atoms with Crippen molar-refractivity contribution in [1.82, 2.24) is 0 Å². The Morgan fingerprint density at radius 1 is 1.08 bits per heavy atom. The molecule has 7 heteroatoms. The average molecular weight is 375 g/mol. The molecule has 1 amide bonds. The van der Waals surface area contributed by atoms with E-state index in [4.69, 9.17) is 9.47 Å². The molecule has 1 N–H and O–H groups in total. The summed E-state index contributed by atoms with van der Waals surface area (Å²) < 4.78 is 9.85. The van der Waals surface area contributed by atoms with E-state index >= 15 is 0 Å². The van der Waals surface area contributed by atoms with Gasteiger partial charge in [0.2, 0.25) is 0 Å². The van der Waals surface area contributed by atoms with Crippen molar-refractivity contribution in [3.63, 3.8) is 0 Å². The Hall–Kier alpha value is -2.67. The maximum atomic E-state index is 11.8. The summed E-state index contributed by atoms with van der Waals surface area (Å²) in [6, 6.07) is 10.3. The molecule has 1 aromatic carbocycles. The molecule has 0 bridgehead atoms. The van der Waals surface area contributed by atoms with E-state index in [0.29, 0.717) is 24.3 Å². The van der Waals surface area contributed by atoms with Crippen LogP contribution in [0, 0.1) is 0 Å². The van der Waals surface area contributed by atoms with Gasteiger partial charge in [0, 0.05) is 17.0 Å². The van der Waals surface area contributed by atoms with Crippen molar-refractivity contribution >= 4 is 34.9 Å². The summed E-state index contributed by atoms with van der Waals surface area (Å²) in [5.74, 6) is -1.24. The van der Waals surface area contributed by atoms with Gasteiger partial charge in [-0.1, -0.05) is 6.07 Å². The number of anilines is 1. The second kappa shape index (κ2) is 10.4. The molecule has 2 aromatic rings. The molecule has 0 unspecified atom stereocenters. The molecule has 1 heterocycles. The highest BCUT2D eigenvalue weighted by molar-refractivity contribution is 7.09. The lowest BCUT2D eigenvalue weighted by Gasteiger charge is -2.07. The maximum absolute atomic E-state index is 11.8. The van der Waals surface area contributed by atoms with Gasteiger partial charge < -0.3 is 14.8 Å². The van der Waals surface area contributed by atoms with Crippen molar-refractivity contribution in [2.75, 3.05) is 18.5 Å². The summed E-state index contributed by atoms with van der Waals surface area (Å²) in [5, 5.41) is 4.60. The topological polar surface area (TPSA) is 81.7 Å². The molecule has 1 aromatic heterocycles. The molecular weight excluding hydrogens is 354 g/mol. The maximum Gasteiger partial charge on any atom is 0.338 e. The zero-order chi connectivity index (χ0) is 18.8. The molecule has 0 aliphatic heterocycles. The number of aryl methyl sites for hydroxylation is 1. The van der Waals surface area contributed by atoms with Crippen LogP contribution in [0.25, 0.3) is 0 Å². The van der Waals surface area contributed by atoms with Crippen LogP contribution in [0.1, 0.15) is 35.0 Å². The van der Waals surface area contributed by atoms with Crippen molar-refractivity contribution in [3.05, 3.63) is 52.2 Å². The fourth-order valence-electron chi connectivity index (χ4n) is 2.18. The van der Waals surface area contributed by atoms with Crippen LogP contribution in [0.2, 0.25) is 0 Å². The van der Waals surface area contributed by atoms with E-state index in [2.05, 4.69) is 5.32 Å². The SMILES string of the molecule is CCOC(=O)c1ccc(NC(=O)COC(=O)CCCc2cccs2)cc1. The fraction of sp³-hybridized carbons (Fsp3) is 0.316. The number of hydrogen-bond donors (Lipinski definition) is 1. The first-order valence-corrected chi connectivity index (χ1v) is 9.21. The Morgan fingerprint density at radius 2 is 1.85 bits per heavy atom. The molecule has 0 saturated heterocycles. The number of amides is 1. The largest absolute Gasteiger partial charge is 0.462 e. The van der Waals surface area contributed by atoms with Crippen LogP contribution in [0.5, 0.6) is 0 Å². The van der Waals surface area contributed by atoms with Gasteiger partial charge >= 0.3 is 11.9 Å². The number of esters is 2. The Kier molecular flexibility index (Phi) is 7.82. The predicted molar refractivity (Wildman–Crippen MR) is 99.2 cm³/mol. The highest BCUT2D eigenvalue weighted by Crippen LogP contribution is 2.13. The van der Waals surface area contributed by atoms with Gasteiger partial charge in [-0.2, -0.15) is 0 Å². The van der Waals surface area contributed by atoms with Crippen molar-refractivity contribution in [2.24, 2.45) is 0 Å². The number of rotatable bonds is 9. The van der Waals surface area contributed by atoms with Gasteiger partial charge in [-0.05, 0) is 55.5 Å². The van der Waals surface area contributed by atoms with Gasteiger partial charge in [-0.15, -0.1) is 11.3 Å².